The van der Waals surface area contributed by atoms with Crippen LogP contribution in [0.1, 0.15) is 425 Å². The van der Waals surface area contributed by atoms with Crippen LogP contribution in [0, 0.1) is 0 Å². The molecule has 0 aliphatic rings. The van der Waals surface area contributed by atoms with E-state index >= 15 is 0 Å². The molecule has 0 aliphatic carbocycles. The van der Waals surface area contributed by atoms with Gasteiger partial charge in [0.2, 0.25) is 5.91 Å². The zero-order chi connectivity index (χ0) is 60.6. The number of hydrogen-bond donors (Lipinski definition) is 3. The third kappa shape index (κ3) is 69.2. The molecule has 0 heterocycles. The molecule has 6 nitrogen and oxygen atoms in total. The number of aliphatic hydroxyl groups excluding tert-OH is 2. The van der Waals surface area contributed by atoms with Gasteiger partial charge < -0.3 is 20.3 Å². The molecule has 0 radical (unpaired) electrons. The van der Waals surface area contributed by atoms with E-state index in [-0.39, 0.29) is 18.5 Å². The minimum Gasteiger partial charge on any atom is -0.466 e. The van der Waals surface area contributed by atoms with Crippen LogP contribution < -0.4 is 5.32 Å². The van der Waals surface area contributed by atoms with Crippen LogP contribution >= 0.6 is 0 Å². The van der Waals surface area contributed by atoms with Crippen molar-refractivity contribution in [1.29, 1.82) is 0 Å². The van der Waals surface area contributed by atoms with Crippen LogP contribution in [0.15, 0.2) is 36.5 Å². The molecule has 0 spiro atoms. The van der Waals surface area contributed by atoms with Crippen LogP contribution in [0.2, 0.25) is 0 Å². The summed E-state index contributed by atoms with van der Waals surface area (Å²) in [5.41, 5.74) is 0. The first kappa shape index (κ1) is 82.1. The molecule has 0 rings (SSSR count). The molecular weight excluding hydrogens is 1030 g/mol. The summed E-state index contributed by atoms with van der Waals surface area (Å²) in [6, 6.07) is -0.624. The number of aliphatic hydroxyl groups is 2. The molecule has 2 atom stereocenters. The number of esters is 1. The summed E-state index contributed by atoms with van der Waals surface area (Å²) in [7, 11) is 0. The maximum Gasteiger partial charge on any atom is 0.305 e. The SMILES string of the molecule is CCCCCCC/C=C\CCCCCCCC(=O)OCCCCCCCCCCCCCCCCCCCC/C=C\CCCCCCCCCCCCCCCCCCCC(=O)NC(CO)C(O)/C=C/CCCCCCCCCCCCCC. The molecule has 0 saturated heterocycles. The molecule has 496 valence electrons. The Morgan fingerprint density at radius 3 is 0.845 bits per heavy atom. The van der Waals surface area contributed by atoms with Gasteiger partial charge in [0.1, 0.15) is 0 Å². The second-order valence-corrected chi connectivity index (χ2v) is 26.3. The van der Waals surface area contributed by atoms with Gasteiger partial charge in [0.15, 0.2) is 0 Å². The summed E-state index contributed by atoms with van der Waals surface area (Å²) in [5, 5.41) is 23.2. The summed E-state index contributed by atoms with van der Waals surface area (Å²) in [6.45, 7) is 4.92. The van der Waals surface area contributed by atoms with Crippen molar-refractivity contribution in [2.24, 2.45) is 0 Å². The Bertz CT molecular complexity index is 1360. The zero-order valence-corrected chi connectivity index (χ0v) is 56.9. The first-order valence-electron chi connectivity index (χ1n) is 38.3. The number of allylic oxidation sites excluding steroid dienone is 5. The third-order valence-corrected chi connectivity index (χ3v) is 17.9. The van der Waals surface area contributed by atoms with Crippen molar-refractivity contribution in [3.8, 4) is 0 Å². The van der Waals surface area contributed by atoms with Gasteiger partial charge in [-0.05, 0) is 83.5 Å². The van der Waals surface area contributed by atoms with Gasteiger partial charge in [-0.2, -0.15) is 0 Å². The second-order valence-electron chi connectivity index (χ2n) is 26.3. The minimum absolute atomic E-state index is 0.0142. The first-order valence-corrected chi connectivity index (χ1v) is 38.3. The number of nitrogens with one attached hydrogen (secondary N) is 1. The fourth-order valence-corrected chi connectivity index (χ4v) is 12.0. The third-order valence-electron chi connectivity index (χ3n) is 17.9. The van der Waals surface area contributed by atoms with Gasteiger partial charge in [-0.1, -0.05) is 365 Å². The molecule has 0 aromatic carbocycles. The highest BCUT2D eigenvalue weighted by Crippen LogP contribution is 2.19. The zero-order valence-electron chi connectivity index (χ0n) is 56.9. The molecule has 0 aromatic rings. The lowest BCUT2D eigenvalue weighted by molar-refractivity contribution is -0.143. The maximum absolute atomic E-state index is 12.5. The lowest BCUT2D eigenvalue weighted by atomic mass is 10.0. The normalized spacial score (nSPS) is 12.7. The quantitative estimate of drug-likeness (QED) is 0.0320. The van der Waals surface area contributed by atoms with E-state index in [1.807, 2.05) is 6.08 Å². The van der Waals surface area contributed by atoms with Gasteiger partial charge in [0, 0.05) is 12.8 Å². The molecule has 0 aliphatic heterocycles. The van der Waals surface area contributed by atoms with Crippen molar-refractivity contribution in [2.75, 3.05) is 13.2 Å². The molecule has 0 aromatic heterocycles. The minimum atomic E-state index is -0.841. The van der Waals surface area contributed by atoms with Crippen molar-refractivity contribution >= 4 is 11.9 Å². The molecule has 6 heteroatoms. The number of rotatable bonds is 72. The Morgan fingerprint density at radius 2 is 0.560 bits per heavy atom. The van der Waals surface area contributed by atoms with Gasteiger partial charge in [0.25, 0.3) is 0 Å². The summed E-state index contributed by atoms with van der Waals surface area (Å²) in [6.07, 6.45) is 95.5. The van der Waals surface area contributed by atoms with Gasteiger partial charge in [-0.25, -0.2) is 0 Å². The van der Waals surface area contributed by atoms with Crippen LogP contribution in [0.3, 0.4) is 0 Å². The van der Waals surface area contributed by atoms with Crippen LogP contribution in [-0.4, -0.2) is 47.4 Å². The molecule has 0 saturated carbocycles. The molecule has 0 fully saturated rings. The lowest BCUT2D eigenvalue weighted by Crippen LogP contribution is -2.45. The topological polar surface area (TPSA) is 95.9 Å². The average molecular weight is 1180 g/mol. The number of carbonyl (C=O) groups excluding carboxylic acids is 2. The summed E-state index contributed by atoms with van der Waals surface area (Å²) >= 11 is 0. The molecule has 3 N–H and O–H groups in total. The van der Waals surface area contributed by atoms with Crippen molar-refractivity contribution in [1.82, 2.24) is 5.32 Å². The summed E-state index contributed by atoms with van der Waals surface area (Å²) in [5.74, 6) is -0.0473. The van der Waals surface area contributed by atoms with E-state index < -0.39 is 12.1 Å². The smallest absolute Gasteiger partial charge is 0.305 e. The highest BCUT2D eigenvalue weighted by Gasteiger charge is 2.18. The Kier molecular flexibility index (Phi) is 71.9. The van der Waals surface area contributed by atoms with E-state index in [4.69, 9.17) is 4.74 Å². The molecule has 1 amide bonds. The first-order chi connectivity index (χ1) is 41.5. The number of unbranched alkanes of at least 4 members (excludes halogenated alkanes) is 57. The van der Waals surface area contributed by atoms with E-state index in [0.29, 0.717) is 19.4 Å². The van der Waals surface area contributed by atoms with Crippen molar-refractivity contribution in [3.05, 3.63) is 36.5 Å². The summed E-state index contributed by atoms with van der Waals surface area (Å²) < 4.78 is 5.49. The fourth-order valence-electron chi connectivity index (χ4n) is 12.0. The molecule has 0 bridgehead atoms. The summed E-state index contributed by atoms with van der Waals surface area (Å²) in [4.78, 5) is 24.5. The van der Waals surface area contributed by atoms with Crippen LogP contribution in [0.5, 0.6) is 0 Å². The number of amides is 1. The Morgan fingerprint density at radius 1 is 0.321 bits per heavy atom. The van der Waals surface area contributed by atoms with Crippen LogP contribution in [0.25, 0.3) is 0 Å². The Labute approximate surface area is 525 Å². The van der Waals surface area contributed by atoms with Crippen molar-refractivity contribution < 1.29 is 24.5 Å². The Hall–Kier alpha value is -1.92. The van der Waals surface area contributed by atoms with E-state index in [0.717, 1.165) is 44.9 Å². The van der Waals surface area contributed by atoms with Gasteiger partial charge >= 0.3 is 5.97 Å². The highest BCUT2D eigenvalue weighted by atomic mass is 16.5. The van der Waals surface area contributed by atoms with Crippen molar-refractivity contribution in [3.63, 3.8) is 0 Å². The number of ether oxygens (including phenoxy) is 1. The molecule has 2 unspecified atom stereocenters. The standard InChI is InChI=1S/C78H149NO5/c1-3-5-7-9-11-13-15-17-46-50-54-58-62-66-70-76(81)75(74-80)79-77(82)71-67-63-59-55-51-47-44-42-40-38-36-34-32-30-28-26-24-22-20-19-21-23-25-27-29-31-33-35-37-39-41-43-45-49-53-57-61-65-69-73-84-78(83)72-68-64-60-56-52-48-18-16-14-12-10-8-6-4-2/h16,18-20,66,70,75-76,80-81H,3-15,17,21-65,67-69,71-74H2,1-2H3,(H,79,82)/b18-16-,20-19-,70-66+. The van der Waals surface area contributed by atoms with Crippen molar-refractivity contribution in [2.45, 2.75) is 437 Å². The maximum atomic E-state index is 12.5. The predicted molar refractivity (Wildman–Crippen MR) is 370 cm³/mol. The predicted octanol–water partition coefficient (Wildman–Crippen LogP) is 25.0. The fraction of sp³-hybridized carbons (Fsp3) is 0.897. The number of carbonyl (C=O) groups is 2. The average Bonchev–Trinajstić information content (AvgIpc) is 3.52. The number of hydrogen-bond acceptors (Lipinski definition) is 5. The van der Waals surface area contributed by atoms with E-state index in [9.17, 15) is 19.8 Å². The van der Waals surface area contributed by atoms with Crippen LogP contribution in [-0.2, 0) is 14.3 Å². The lowest BCUT2D eigenvalue weighted by Gasteiger charge is -2.20. The Balaban J connectivity index is 3.32. The molecular formula is C78H149NO5. The van der Waals surface area contributed by atoms with Gasteiger partial charge in [-0.3, -0.25) is 9.59 Å². The van der Waals surface area contributed by atoms with E-state index in [1.165, 1.54) is 353 Å². The monoisotopic (exact) mass is 1180 g/mol. The van der Waals surface area contributed by atoms with Gasteiger partial charge in [-0.15, -0.1) is 0 Å². The molecule has 84 heavy (non-hydrogen) atoms. The van der Waals surface area contributed by atoms with Gasteiger partial charge in [0.05, 0.1) is 25.4 Å². The highest BCUT2D eigenvalue weighted by molar-refractivity contribution is 5.76. The largest absolute Gasteiger partial charge is 0.466 e. The van der Waals surface area contributed by atoms with Crippen LogP contribution in [0.4, 0.5) is 0 Å². The second kappa shape index (κ2) is 73.5. The van der Waals surface area contributed by atoms with E-state index in [2.05, 4.69) is 43.5 Å². The van der Waals surface area contributed by atoms with E-state index in [1.54, 1.807) is 6.08 Å².